The van der Waals surface area contributed by atoms with E-state index in [2.05, 4.69) is 0 Å². The quantitative estimate of drug-likeness (QED) is 0.505. The van der Waals surface area contributed by atoms with Gasteiger partial charge in [-0.05, 0) is 30.7 Å². The first kappa shape index (κ1) is 21.0. The number of hydrogen-bond acceptors (Lipinski definition) is 6. The van der Waals surface area contributed by atoms with E-state index >= 15 is 0 Å². The maximum atomic E-state index is 12.6. The summed E-state index contributed by atoms with van der Waals surface area (Å²) in [6, 6.07) is 15.2. The van der Waals surface area contributed by atoms with Crippen LogP contribution in [0.15, 0.2) is 54.6 Å². The molecule has 0 aromatic heterocycles. The maximum Gasteiger partial charge on any atom is 0.275 e. The highest BCUT2D eigenvalue weighted by atomic mass is 32.2. The number of hydrogen-bond donors (Lipinski definition) is 0. The largest absolute Gasteiger partial charge is 0.484 e. The standard InChI is InChI=1S/C21H24N2O5S/c1-22(2)23(18-12-13-29(26,27)15-18)20(24)14-28-19-10-8-17(9-11-19)21(25)16-6-4-3-5-7-16/h3-11,18H,12-15H2,1-2H3/t18-/m0/s1. The molecule has 1 atom stereocenters. The van der Waals surface area contributed by atoms with E-state index in [-0.39, 0.29) is 35.8 Å². The molecule has 154 valence electrons. The van der Waals surface area contributed by atoms with Gasteiger partial charge in [-0.15, -0.1) is 0 Å². The number of rotatable bonds is 7. The fourth-order valence-electron chi connectivity index (χ4n) is 3.39. The lowest BCUT2D eigenvalue weighted by Gasteiger charge is -2.33. The Hall–Kier alpha value is -2.71. The molecule has 1 heterocycles. The second kappa shape index (κ2) is 8.75. The predicted molar refractivity (Wildman–Crippen MR) is 109 cm³/mol. The molecular formula is C21H24N2O5S. The molecule has 0 radical (unpaired) electrons. The summed E-state index contributed by atoms with van der Waals surface area (Å²) in [6.07, 6.45) is 0.419. The minimum atomic E-state index is -3.10. The van der Waals surface area contributed by atoms with Crippen LogP contribution in [0.5, 0.6) is 5.75 Å². The van der Waals surface area contributed by atoms with Gasteiger partial charge in [0.05, 0.1) is 17.5 Å². The van der Waals surface area contributed by atoms with Crippen molar-refractivity contribution in [3.05, 3.63) is 65.7 Å². The lowest BCUT2D eigenvalue weighted by Crippen LogP contribution is -2.51. The van der Waals surface area contributed by atoms with Gasteiger partial charge in [0, 0.05) is 25.2 Å². The zero-order chi connectivity index (χ0) is 21.0. The number of sulfone groups is 1. The molecule has 2 aromatic carbocycles. The lowest BCUT2D eigenvalue weighted by molar-refractivity contribution is -0.151. The summed E-state index contributed by atoms with van der Waals surface area (Å²) in [5, 5.41) is 3.04. The molecule has 1 saturated heterocycles. The molecule has 1 fully saturated rings. The molecule has 8 heteroatoms. The second-order valence-corrected chi connectivity index (χ2v) is 9.38. The summed E-state index contributed by atoms with van der Waals surface area (Å²) >= 11 is 0. The predicted octanol–water partition coefficient (Wildman–Crippen LogP) is 1.79. The molecule has 1 amide bonds. The Labute approximate surface area is 170 Å². The van der Waals surface area contributed by atoms with Crippen LogP contribution in [0.4, 0.5) is 0 Å². The topological polar surface area (TPSA) is 84.0 Å². The minimum Gasteiger partial charge on any atom is -0.484 e. The summed E-state index contributed by atoms with van der Waals surface area (Å²) in [7, 11) is 0.299. The van der Waals surface area contributed by atoms with Crippen molar-refractivity contribution < 1.29 is 22.7 Å². The first-order valence-corrected chi connectivity index (χ1v) is 11.1. The highest BCUT2D eigenvalue weighted by molar-refractivity contribution is 7.91. The molecule has 0 bridgehead atoms. The number of ether oxygens (including phenoxy) is 1. The van der Waals surface area contributed by atoms with E-state index in [0.29, 0.717) is 23.3 Å². The summed E-state index contributed by atoms with van der Waals surface area (Å²) in [5.41, 5.74) is 1.13. The summed E-state index contributed by atoms with van der Waals surface area (Å²) in [6.45, 7) is -0.222. The SMILES string of the molecule is CN(C)N(C(=O)COc1ccc(C(=O)c2ccccc2)cc1)[C@H]1CCS(=O)(=O)C1. The Morgan fingerprint density at radius 3 is 2.17 bits per heavy atom. The van der Waals surface area contributed by atoms with E-state index in [4.69, 9.17) is 4.74 Å². The zero-order valence-electron chi connectivity index (χ0n) is 16.4. The number of benzene rings is 2. The van der Waals surface area contributed by atoms with E-state index in [1.54, 1.807) is 55.5 Å². The maximum absolute atomic E-state index is 12.6. The molecule has 0 unspecified atom stereocenters. The fraction of sp³-hybridized carbons (Fsp3) is 0.333. The molecule has 1 aliphatic heterocycles. The molecule has 0 N–H and O–H groups in total. The van der Waals surface area contributed by atoms with Gasteiger partial charge in [0.1, 0.15) is 5.75 Å². The van der Waals surface area contributed by atoms with Gasteiger partial charge in [-0.2, -0.15) is 0 Å². The van der Waals surface area contributed by atoms with Crippen LogP contribution in [0.25, 0.3) is 0 Å². The van der Waals surface area contributed by atoms with Crippen LogP contribution in [-0.2, 0) is 14.6 Å². The van der Waals surface area contributed by atoms with Crippen LogP contribution in [0.3, 0.4) is 0 Å². The smallest absolute Gasteiger partial charge is 0.275 e. The van der Waals surface area contributed by atoms with Crippen molar-refractivity contribution in [1.82, 2.24) is 10.0 Å². The van der Waals surface area contributed by atoms with Crippen molar-refractivity contribution in [2.24, 2.45) is 0 Å². The minimum absolute atomic E-state index is 0.0345. The number of carbonyl (C=O) groups excluding carboxylic acids is 2. The molecule has 0 spiro atoms. The van der Waals surface area contributed by atoms with E-state index in [0.717, 1.165) is 0 Å². The van der Waals surface area contributed by atoms with E-state index < -0.39 is 9.84 Å². The molecular weight excluding hydrogens is 392 g/mol. The van der Waals surface area contributed by atoms with Crippen LogP contribution in [0.1, 0.15) is 22.3 Å². The molecule has 2 aromatic rings. The van der Waals surface area contributed by atoms with Crippen molar-refractivity contribution in [2.75, 3.05) is 32.2 Å². The first-order chi connectivity index (χ1) is 13.8. The summed E-state index contributed by atoms with van der Waals surface area (Å²) in [4.78, 5) is 25.1. The Kier molecular flexibility index (Phi) is 6.34. The average molecular weight is 416 g/mol. The van der Waals surface area contributed by atoms with Gasteiger partial charge in [-0.1, -0.05) is 30.3 Å². The van der Waals surface area contributed by atoms with Gasteiger partial charge in [0.2, 0.25) is 0 Å². The third-order valence-corrected chi connectivity index (χ3v) is 6.51. The molecule has 29 heavy (non-hydrogen) atoms. The Morgan fingerprint density at radius 2 is 1.62 bits per heavy atom. The zero-order valence-corrected chi connectivity index (χ0v) is 17.3. The summed E-state index contributed by atoms with van der Waals surface area (Å²) < 4.78 is 29.1. The normalized spacial score (nSPS) is 17.8. The number of hydrazine groups is 1. The van der Waals surface area contributed by atoms with Crippen molar-refractivity contribution in [1.29, 1.82) is 0 Å². The van der Waals surface area contributed by atoms with Gasteiger partial charge < -0.3 is 4.74 Å². The third-order valence-electron chi connectivity index (χ3n) is 4.76. The van der Waals surface area contributed by atoms with Gasteiger partial charge in [-0.3, -0.25) is 14.6 Å². The van der Waals surface area contributed by atoms with Crippen LogP contribution in [0, 0.1) is 0 Å². The molecule has 7 nitrogen and oxygen atoms in total. The van der Waals surface area contributed by atoms with E-state index in [9.17, 15) is 18.0 Å². The highest BCUT2D eigenvalue weighted by Crippen LogP contribution is 2.20. The van der Waals surface area contributed by atoms with E-state index in [1.807, 2.05) is 18.2 Å². The summed E-state index contributed by atoms with van der Waals surface area (Å²) in [5.74, 6) is 0.108. The fourth-order valence-corrected chi connectivity index (χ4v) is 5.08. The number of ketones is 1. The Balaban J connectivity index is 1.61. The highest BCUT2D eigenvalue weighted by Gasteiger charge is 2.36. The van der Waals surface area contributed by atoms with E-state index in [1.165, 1.54) is 5.01 Å². The third kappa shape index (κ3) is 5.21. The van der Waals surface area contributed by atoms with Crippen molar-refractivity contribution >= 4 is 21.5 Å². The van der Waals surface area contributed by atoms with Crippen LogP contribution >= 0.6 is 0 Å². The van der Waals surface area contributed by atoms with Crippen LogP contribution in [0.2, 0.25) is 0 Å². The first-order valence-electron chi connectivity index (χ1n) is 9.29. The molecule has 3 rings (SSSR count). The van der Waals surface area contributed by atoms with Gasteiger partial charge in [-0.25, -0.2) is 13.4 Å². The average Bonchev–Trinajstić information content (AvgIpc) is 3.06. The monoisotopic (exact) mass is 416 g/mol. The van der Waals surface area contributed by atoms with Crippen molar-refractivity contribution in [3.8, 4) is 5.75 Å². The lowest BCUT2D eigenvalue weighted by atomic mass is 10.0. The van der Waals surface area contributed by atoms with Crippen LogP contribution in [-0.4, -0.2) is 68.4 Å². The van der Waals surface area contributed by atoms with Gasteiger partial charge >= 0.3 is 0 Å². The number of carbonyl (C=O) groups is 2. The van der Waals surface area contributed by atoms with Gasteiger partial charge in [0.15, 0.2) is 22.2 Å². The molecule has 1 aliphatic rings. The molecule has 0 aliphatic carbocycles. The molecule has 0 saturated carbocycles. The Bertz CT molecular complexity index is 972. The van der Waals surface area contributed by atoms with Crippen molar-refractivity contribution in [2.45, 2.75) is 12.5 Å². The second-order valence-electron chi connectivity index (χ2n) is 7.15. The van der Waals surface area contributed by atoms with Gasteiger partial charge in [0.25, 0.3) is 5.91 Å². The Morgan fingerprint density at radius 1 is 1.00 bits per heavy atom. The van der Waals surface area contributed by atoms with Crippen LogP contribution < -0.4 is 4.74 Å². The van der Waals surface area contributed by atoms with Crippen molar-refractivity contribution in [3.63, 3.8) is 0 Å². The number of amides is 1. The number of nitrogens with zero attached hydrogens (tertiary/aromatic N) is 2.